The van der Waals surface area contributed by atoms with Crippen molar-refractivity contribution in [3.63, 3.8) is 0 Å². The Morgan fingerprint density at radius 1 is 1.00 bits per heavy atom. The van der Waals surface area contributed by atoms with Crippen molar-refractivity contribution in [3.8, 4) is 11.1 Å². The van der Waals surface area contributed by atoms with Crippen LogP contribution in [0.3, 0.4) is 0 Å². The smallest absolute Gasteiger partial charge is 0.229 e. The number of amides is 1. The summed E-state index contributed by atoms with van der Waals surface area (Å²) in [7, 11) is 1.85. The maximum absolute atomic E-state index is 12.5. The SMILES string of the molecule is CN(C(=O)[C@@H]1CCC(N)C1)c1ccc(-c2ccccc2)cc1. The van der Waals surface area contributed by atoms with E-state index in [-0.39, 0.29) is 17.9 Å². The van der Waals surface area contributed by atoms with Gasteiger partial charge in [-0.25, -0.2) is 0 Å². The van der Waals surface area contributed by atoms with Crippen LogP contribution in [0, 0.1) is 5.92 Å². The first kappa shape index (κ1) is 14.8. The summed E-state index contributed by atoms with van der Waals surface area (Å²) in [6.45, 7) is 0. The molecule has 1 unspecified atom stereocenters. The molecule has 0 aliphatic heterocycles. The van der Waals surface area contributed by atoms with Crippen molar-refractivity contribution in [1.82, 2.24) is 0 Å². The lowest BCUT2D eigenvalue weighted by atomic mass is 10.0. The first-order valence-corrected chi connectivity index (χ1v) is 7.84. The van der Waals surface area contributed by atoms with E-state index in [2.05, 4.69) is 24.3 Å². The van der Waals surface area contributed by atoms with Crippen LogP contribution < -0.4 is 10.6 Å². The first-order chi connectivity index (χ1) is 10.6. The summed E-state index contributed by atoms with van der Waals surface area (Å²) >= 11 is 0. The van der Waals surface area contributed by atoms with Crippen LogP contribution in [0.25, 0.3) is 11.1 Å². The number of carbonyl (C=O) groups is 1. The fraction of sp³-hybridized carbons (Fsp3) is 0.316. The number of anilines is 1. The van der Waals surface area contributed by atoms with Crippen molar-refractivity contribution in [2.45, 2.75) is 25.3 Å². The topological polar surface area (TPSA) is 46.3 Å². The number of hydrogen-bond donors (Lipinski definition) is 1. The molecule has 3 rings (SSSR count). The Kier molecular flexibility index (Phi) is 4.25. The predicted octanol–water partition coefficient (Wildman–Crippen LogP) is 3.44. The van der Waals surface area contributed by atoms with Crippen molar-refractivity contribution in [2.75, 3.05) is 11.9 Å². The van der Waals surface area contributed by atoms with Gasteiger partial charge in [-0.05, 0) is 42.5 Å². The molecule has 0 radical (unpaired) electrons. The summed E-state index contributed by atoms with van der Waals surface area (Å²) < 4.78 is 0. The van der Waals surface area contributed by atoms with Gasteiger partial charge in [0.05, 0.1) is 0 Å². The van der Waals surface area contributed by atoms with Gasteiger partial charge in [0, 0.05) is 24.7 Å². The van der Waals surface area contributed by atoms with Gasteiger partial charge in [0.25, 0.3) is 0 Å². The molecule has 114 valence electrons. The lowest BCUT2D eigenvalue weighted by Gasteiger charge is -2.21. The van der Waals surface area contributed by atoms with Crippen LogP contribution in [0.2, 0.25) is 0 Å². The molecule has 0 heterocycles. The molecule has 1 saturated carbocycles. The average molecular weight is 294 g/mol. The number of nitrogens with two attached hydrogens (primary N) is 1. The van der Waals surface area contributed by atoms with Crippen LogP contribution in [0.1, 0.15) is 19.3 Å². The van der Waals surface area contributed by atoms with Crippen molar-refractivity contribution in [1.29, 1.82) is 0 Å². The van der Waals surface area contributed by atoms with E-state index >= 15 is 0 Å². The van der Waals surface area contributed by atoms with Gasteiger partial charge in [-0.1, -0.05) is 42.5 Å². The van der Waals surface area contributed by atoms with Gasteiger partial charge >= 0.3 is 0 Å². The van der Waals surface area contributed by atoms with Crippen LogP contribution in [0.4, 0.5) is 5.69 Å². The molecule has 3 heteroatoms. The number of hydrogen-bond acceptors (Lipinski definition) is 2. The van der Waals surface area contributed by atoms with Crippen LogP contribution in [0.5, 0.6) is 0 Å². The van der Waals surface area contributed by atoms with E-state index in [1.165, 1.54) is 5.56 Å². The average Bonchev–Trinajstić information content (AvgIpc) is 3.01. The Morgan fingerprint density at radius 2 is 1.64 bits per heavy atom. The first-order valence-electron chi connectivity index (χ1n) is 7.84. The Balaban J connectivity index is 1.73. The van der Waals surface area contributed by atoms with Crippen molar-refractivity contribution < 1.29 is 4.79 Å². The van der Waals surface area contributed by atoms with Crippen molar-refractivity contribution in [3.05, 3.63) is 54.6 Å². The highest BCUT2D eigenvalue weighted by Gasteiger charge is 2.30. The van der Waals surface area contributed by atoms with Crippen molar-refractivity contribution >= 4 is 11.6 Å². The number of benzene rings is 2. The second kappa shape index (κ2) is 6.32. The standard InChI is InChI=1S/C19H22N2O/c1-21(19(22)16-7-10-17(20)13-16)18-11-8-15(9-12-18)14-5-3-2-4-6-14/h2-6,8-9,11-12,16-17H,7,10,13,20H2,1H3/t16-,17?/m1/s1. The molecule has 3 nitrogen and oxygen atoms in total. The van der Waals surface area contributed by atoms with E-state index in [1.807, 2.05) is 37.4 Å². The van der Waals surface area contributed by atoms with Crippen molar-refractivity contribution in [2.24, 2.45) is 11.7 Å². The Morgan fingerprint density at radius 3 is 2.23 bits per heavy atom. The molecule has 1 amide bonds. The zero-order valence-corrected chi connectivity index (χ0v) is 12.9. The maximum atomic E-state index is 12.5. The van der Waals surface area contributed by atoms with E-state index in [0.29, 0.717) is 0 Å². The quantitative estimate of drug-likeness (QED) is 0.942. The third kappa shape index (κ3) is 3.04. The second-order valence-corrected chi connectivity index (χ2v) is 6.08. The third-order valence-electron chi connectivity index (χ3n) is 4.51. The van der Waals surface area contributed by atoms with Crippen LogP contribution in [-0.4, -0.2) is 19.0 Å². The normalized spacial score (nSPS) is 20.8. The van der Waals surface area contributed by atoms with E-state index in [1.54, 1.807) is 4.90 Å². The van der Waals surface area contributed by atoms with E-state index in [9.17, 15) is 4.79 Å². The fourth-order valence-electron chi connectivity index (χ4n) is 3.15. The molecule has 1 fully saturated rings. The van der Waals surface area contributed by atoms with E-state index in [4.69, 9.17) is 5.73 Å². The molecule has 2 aromatic rings. The minimum absolute atomic E-state index is 0.0776. The number of rotatable bonds is 3. The largest absolute Gasteiger partial charge is 0.328 e. The van der Waals surface area contributed by atoms with Crippen LogP contribution in [-0.2, 0) is 4.79 Å². The molecule has 0 bridgehead atoms. The Labute approximate surface area is 131 Å². The molecule has 1 aliphatic carbocycles. The molecular formula is C19H22N2O. The highest BCUT2D eigenvalue weighted by Crippen LogP contribution is 2.28. The molecular weight excluding hydrogens is 272 g/mol. The lowest BCUT2D eigenvalue weighted by Crippen LogP contribution is -2.32. The van der Waals surface area contributed by atoms with Gasteiger partial charge in [0.2, 0.25) is 5.91 Å². The predicted molar refractivity (Wildman–Crippen MR) is 90.6 cm³/mol. The monoisotopic (exact) mass is 294 g/mol. The highest BCUT2D eigenvalue weighted by atomic mass is 16.2. The molecule has 0 spiro atoms. The summed E-state index contributed by atoms with van der Waals surface area (Å²) in [6.07, 6.45) is 2.68. The summed E-state index contributed by atoms with van der Waals surface area (Å²) in [4.78, 5) is 14.3. The molecule has 1 aliphatic rings. The zero-order chi connectivity index (χ0) is 15.5. The van der Waals surface area contributed by atoms with Crippen LogP contribution in [0.15, 0.2) is 54.6 Å². The lowest BCUT2D eigenvalue weighted by molar-refractivity contribution is -0.121. The number of nitrogens with zero attached hydrogens (tertiary/aromatic N) is 1. The van der Waals surface area contributed by atoms with Gasteiger partial charge in [0.15, 0.2) is 0 Å². The highest BCUT2D eigenvalue weighted by molar-refractivity contribution is 5.95. The summed E-state index contributed by atoms with van der Waals surface area (Å²) in [5.74, 6) is 0.259. The van der Waals surface area contributed by atoms with Crippen LogP contribution >= 0.6 is 0 Å². The van der Waals surface area contributed by atoms with E-state index in [0.717, 1.165) is 30.5 Å². The van der Waals surface area contributed by atoms with Gasteiger partial charge in [-0.15, -0.1) is 0 Å². The molecule has 22 heavy (non-hydrogen) atoms. The van der Waals surface area contributed by atoms with Gasteiger partial charge in [-0.2, -0.15) is 0 Å². The van der Waals surface area contributed by atoms with Gasteiger partial charge in [-0.3, -0.25) is 4.79 Å². The minimum atomic E-state index is 0.0776. The van der Waals surface area contributed by atoms with Gasteiger partial charge < -0.3 is 10.6 Å². The van der Waals surface area contributed by atoms with E-state index < -0.39 is 0 Å². The molecule has 2 aromatic carbocycles. The molecule has 0 saturated heterocycles. The Bertz CT molecular complexity index is 636. The molecule has 2 N–H and O–H groups in total. The minimum Gasteiger partial charge on any atom is -0.328 e. The molecule has 0 aromatic heterocycles. The summed E-state index contributed by atoms with van der Waals surface area (Å²) in [5.41, 5.74) is 9.20. The maximum Gasteiger partial charge on any atom is 0.229 e. The zero-order valence-electron chi connectivity index (χ0n) is 12.9. The summed E-state index contributed by atoms with van der Waals surface area (Å²) in [5, 5.41) is 0. The third-order valence-corrected chi connectivity index (χ3v) is 4.51. The number of carbonyl (C=O) groups excluding carboxylic acids is 1. The Hall–Kier alpha value is -2.13. The van der Waals surface area contributed by atoms with Gasteiger partial charge in [0.1, 0.15) is 0 Å². The molecule has 2 atom stereocenters. The second-order valence-electron chi connectivity index (χ2n) is 6.08. The fourth-order valence-corrected chi connectivity index (χ4v) is 3.15. The summed E-state index contributed by atoms with van der Waals surface area (Å²) in [6, 6.07) is 18.6.